The number of ketones is 1. The number of nitrogens with zero attached hydrogens (tertiary/aromatic N) is 3. The third-order valence-corrected chi connectivity index (χ3v) is 5.77. The van der Waals surface area contributed by atoms with Crippen molar-refractivity contribution in [2.24, 2.45) is 0 Å². The molecule has 4 rings (SSSR count). The van der Waals surface area contributed by atoms with Gasteiger partial charge in [0.2, 0.25) is 5.69 Å². The summed E-state index contributed by atoms with van der Waals surface area (Å²) in [7, 11) is 1.52. The Morgan fingerprint density at radius 2 is 2.00 bits per heavy atom. The lowest BCUT2D eigenvalue weighted by atomic mass is 10.1. The first-order valence-electron chi connectivity index (χ1n) is 9.50. The SMILES string of the molecule is CCOC(=O)c1cc(C)nc2sc(C(=O)c3c([O-])on[n+]3-c3ccc(OC)cc3)c(N)c12. The Hall–Kier alpha value is -3.99. The molecule has 0 radical (unpaired) electrons. The number of ether oxygens (including phenoxy) is 2. The monoisotopic (exact) mass is 454 g/mol. The van der Waals surface area contributed by atoms with Crippen LogP contribution >= 0.6 is 11.3 Å². The van der Waals surface area contributed by atoms with E-state index in [0.29, 0.717) is 27.3 Å². The van der Waals surface area contributed by atoms with Crippen molar-refractivity contribution >= 4 is 39.0 Å². The second-order valence-electron chi connectivity index (χ2n) is 6.70. The highest BCUT2D eigenvalue weighted by Crippen LogP contribution is 2.37. The molecule has 0 unspecified atom stereocenters. The van der Waals surface area contributed by atoms with Crippen molar-refractivity contribution in [3.05, 3.63) is 52.2 Å². The molecule has 0 amide bonds. The van der Waals surface area contributed by atoms with Crippen LogP contribution in [0.3, 0.4) is 0 Å². The van der Waals surface area contributed by atoms with Gasteiger partial charge in [0.1, 0.15) is 15.5 Å². The summed E-state index contributed by atoms with van der Waals surface area (Å²) in [6, 6.07) is 8.10. The van der Waals surface area contributed by atoms with Gasteiger partial charge in [0.05, 0.1) is 30.2 Å². The molecule has 0 aliphatic carbocycles. The van der Waals surface area contributed by atoms with Crippen molar-refractivity contribution in [2.75, 3.05) is 19.5 Å². The van der Waals surface area contributed by atoms with Crippen molar-refractivity contribution in [1.29, 1.82) is 0 Å². The number of nitrogens with two attached hydrogens (primary N) is 1. The molecule has 0 aliphatic heterocycles. The summed E-state index contributed by atoms with van der Waals surface area (Å²) in [4.78, 5) is 30.6. The quantitative estimate of drug-likeness (QED) is 0.262. The van der Waals surface area contributed by atoms with Gasteiger partial charge in [0, 0.05) is 23.2 Å². The fourth-order valence-electron chi connectivity index (χ4n) is 3.23. The Morgan fingerprint density at radius 1 is 1.28 bits per heavy atom. The predicted molar refractivity (Wildman–Crippen MR) is 112 cm³/mol. The number of carbonyl (C=O) groups excluding carboxylic acids is 2. The summed E-state index contributed by atoms with van der Waals surface area (Å²) in [5.74, 6) is -1.60. The fourth-order valence-corrected chi connectivity index (χ4v) is 4.33. The summed E-state index contributed by atoms with van der Waals surface area (Å²) >= 11 is 0.978. The van der Waals surface area contributed by atoms with Crippen LogP contribution in [-0.2, 0) is 4.74 Å². The number of aryl methyl sites for hydroxylation is 1. The van der Waals surface area contributed by atoms with Gasteiger partial charge < -0.3 is 24.8 Å². The van der Waals surface area contributed by atoms with Crippen molar-refractivity contribution in [3.63, 3.8) is 0 Å². The number of rotatable bonds is 6. The molecule has 2 N–H and O–H groups in total. The average Bonchev–Trinajstić information content (AvgIpc) is 3.33. The van der Waals surface area contributed by atoms with Gasteiger partial charge >= 0.3 is 11.7 Å². The standard InChI is InChI=1S/C21H18N4O6S/c1-4-30-20(27)13-9-10(2)23-19-14(13)15(22)18(32-19)17(26)16-21(28)31-24-25(16)11-5-7-12(29-3)8-6-11/h5-9H,4H2,1-3H3,(H2-,22,24,26,28). The highest BCUT2D eigenvalue weighted by Gasteiger charge is 2.33. The van der Waals surface area contributed by atoms with E-state index in [2.05, 4.69) is 10.3 Å². The van der Waals surface area contributed by atoms with E-state index in [1.807, 2.05) is 0 Å². The van der Waals surface area contributed by atoms with Crippen LogP contribution in [0.1, 0.15) is 38.3 Å². The molecule has 11 heteroatoms. The van der Waals surface area contributed by atoms with E-state index in [0.717, 1.165) is 16.0 Å². The Bertz CT molecular complexity index is 1340. The lowest BCUT2D eigenvalue weighted by molar-refractivity contribution is -0.672. The van der Waals surface area contributed by atoms with E-state index in [4.69, 9.17) is 19.7 Å². The highest BCUT2D eigenvalue weighted by atomic mass is 32.1. The zero-order valence-electron chi connectivity index (χ0n) is 17.4. The average molecular weight is 454 g/mol. The largest absolute Gasteiger partial charge is 0.539 e. The summed E-state index contributed by atoms with van der Waals surface area (Å²) in [6.45, 7) is 3.58. The van der Waals surface area contributed by atoms with Crippen molar-refractivity contribution < 1.29 is 33.4 Å². The van der Waals surface area contributed by atoms with Gasteiger partial charge in [0.15, 0.2) is 5.95 Å². The van der Waals surface area contributed by atoms with E-state index in [1.54, 1.807) is 44.2 Å². The number of carbonyl (C=O) groups is 2. The molecular weight excluding hydrogens is 436 g/mol. The minimum atomic E-state index is -0.919. The zero-order chi connectivity index (χ0) is 23.0. The Kier molecular flexibility index (Phi) is 5.49. The van der Waals surface area contributed by atoms with Crippen LogP contribution in [-0.4, -0.2) is 35.7 Å². The van der Waals surface area contributed by atoms with Crippen LogP contribution < -0.4 is 20.3 Å². The minimum absolute atomic E-state index is 0.0347. The van der Waals surface area contributed by atoms with Gasteiger partial charge in [-0.2, -0.15) is 0 Å². The topological polar surface area (TPSA) is 144 Å². The molecule has 0 aliphatic rings. The van der Waals surface area contributed by atoms with Gasteiger partial charge in [-0.1, -0.05) is 0 Å². The number of esters is 1. The Labute approximate surface area is 185 Å². The number of thiophene rings is 1. The molecule has 0 fully saturated rings. The molecule has 32 heavy (non-hydrogen) atoms. The summed E-state index contributed by atoms with van der Waals surface area (Å²) in [5.41, 5.74) is 7.16. The van der Waals surface area contributed by atoms with Gasteiger partial charge in [0.25, 0.3) is 5.78 Å². The molecule has 3 aromatic heterocycles. The number of fused-ring (bicyclic) bond motifs is 1. The summed E-state index contributed by atoms with van der Waals surface area (Å²) in [6.07, 6.45) is 0. The van der Waals surface area contributed by atoms with Crippen LogP contribution in [0.4, 0.5) is 5.69 Å². The van der Waals surface area contributed by atoms with Crippen LogP contribution in [0.15, 0.2) is 34.9 Å². The lowest BCUT2D eigenvalue weighted by Gasteiger charge is -2.05. The molecule has 10 nitrogen and oxygen atoms in total. The Morgan fingerprint density at radius 3 is 2.66 bits per heavy atom. The maximum atomic E-state index is 13.4. The number of pyridine rings is 1. The third-order valence-electron chi connectivity index (χ3n) is 4.67. The number of aromatic nitrogens is 3. The van der Waals surface area contributed by atoms with Gasteiger partial charge in [-0.05, 0) is 36.7 Å². The molecule has 1 aromatic carbocycles. The van der Waals surface area contributed by atoms with Crippen LogP contribution in [0.5, 0.6) is 11.7 Å². The van der Waals surface area contributed by atoms with Crippen LogP contribution in [0, 0.1) is 6.92 Å². The molecule has 0 spiro atoms. The molecule has 0 saturated carbocycles. The summed E-state index contributed by atoms with van der Waals surface area (Å²) < 4.78 is 16.1. The van der Waals surface area contributed by atoms with Gasteiger partial charge in [-0.3, -0.25) is 4.79 Å². The number of methoxy groups -OCH3 is 1. The molecule has 3 heterocycles. The molecule has 0 saturated heterocycles. The highest BCUT2D eigenvalue weighted by molar-refractivity contribution is 7.21. The maximum Gasteiger partial charge on any atom is 0.338 e. The van der Waals surface area contributed by atoms with E-state index < -0.39 is 17.7 Å². The van der Waals surface area contributed by atoms with Crippen molar-refractivity contribution in [3.8, 4) is 17.4 Å². The van der Waals surface area contributed by atoms with Gasteiger partial charge in [-0.25, -0.2) is 9.78 Å². The third kappa shape index (κ3) is 3.52. The number of anilines is 1. The maximum absolute atomic E-state index is 13.4. The van der Waals surface area contributed by atoms with Gasteiger partial charge in [-0.15, -0.1) is 11.3 Å². The normalized spacial score (nSPS) is 11.0. The van der Waals surface area contributed by atoms with E-state index in [-0.39, 0.29) is 28.4 Å². The molecule has 4 aromatic rings. The minimum Gasteiger partial charge on any atom is -0.539 e. The first-order chi connectivity index (χ1) is 15.3. The molecule has 0 bridgehead atoms. The predicted octanol–water partition coefficient (Wildman–Crippen LogP) is 1.94. The smallest absolute Gasteiger partial charge is 0.338 e. The first-order valence-corrected chi connectivity index (χ1v) is 10.3. The van der Waals surface area contributed by atoms with Crippen molar-refractivity contribution in [2.45, 2.75) is 13.8 Å². The second-order valence-corrected chi connectivity index (χ2v) is 7.70. The van der Waals surface area contributed by atoms with Crippen molar-refractivity contribution in [1.82, 2.24) is 10.3 Å². The Balaban J connectivity index is 1.85. The van der Waals surface area contributed by atoms with Crippen LogP contribution in [0.25, 0.3) is 15.9 Å². The molecule has 0 atom stereocenters. The second kappa shape index (κ2) is 8.27. The van der Waals surface area contributed by atoms with E-state index >= 15 is 0 Å². The molecule has 164 valence electrons. The number of hydrogen-bond donors (Lipinski definition) is 1. The number of hydrogen-bond acceptors (Lipinski definition) is 10. The lowest BCUT2D eigenvalue weighted by Crippen LogP contribution is -2.39. The zero-order valence-corrected chi connectivity index (χ0v) is 18.2. The van der Waals surface area contributed by atoms with E-state index in [1.165, 1.54) is 7.11 Å². The molecular formula is C21H18N4O6S. The number of benzene rings is 1. The van der Waals surface area contributed by atoms with E-state index in [9.17, 15) is 14.7 Å². The van der Waals surface area contributed by atoms with Crippen LogP contribution in [0.2, 0.25) is 0 Å². The number of nitrogen functional groups attached to an aromatic ring is 1. The summed E-state index contributed by atoms with van der Waals surface area (Å²) in [5, 5.41) is 16.4. The first kappa shape index (κ1) is 21.2. The fraction of sp³-hybridized carbons (Fsp3) is 0.190.